The molecule has 2 amide bonds. The number of amides is 2. The number of benzene rings is 2. The highest BCUT2D eigenvalue weighted by molar-refractivity contribution is 5.98. The molecule has 2 N–H and O–H groups in total. The highest BCUT2D eigenvalue weighted by Gasteiger charge is 2.15. The van der Waals surface area contributed by atoms with Crippen molar-refractivity contribution in [3.63, 3.8) is 0 Å². The number of anilines is 1. The first kappa shape index (κ1) is 20.2. The molecule has 148 valence electrons. The van der Waals surface area contributed by atoms with Gasteiger partial charge in [-0.3, -0.25) is 14.6 Å². The van der Waals surface area contributed by atoms with Crippen LogP contribution in [0.3, 0.4) is 0 Å². The molecule has 0 spiro atoms. The van der Waals surface area contributed by atoms with E-state index in [1.54, 1.807) is 25.3 Å². The van der Waals surface area contributed by atoms with Gasteiger partial charge in [0.05, 0.1) is 5.52 Å². The zero-order valence-corrected chi connectivity index (χ0v) is 16.1. The third kappa shape index (κ3) is 5.48. The number of carbonyl (C=O) groups is 2. The molecule has 3 rings (SSSR count). The van der Waals surface area contributed by atoms with Gasteiger partial charge in [-0.05, 0) is 55.3 Å². The lowest BCUT2D eigenvalue weighted by molar-refractivity contribution is -0.119. The Morgan fingerprint density at radius 1 is 1.14 bits per heavy atom. The molecule has 0 aliphatic heterocycles. The van der Waals surface area contributed by atoms with Crippen molar-refractivity contribution < 1.29 is 14.0 Å². The van der Waals surface area contributed by atoms with Crippen molar-refractivity contribution in [1.29, 1.82) is 0 Å². The molecule has 29 heavy (non-hydrogen) atoms. The molecule has 3 aromatic rings. The molecule has 6 heteroatoms. The quantitative estimate of drug-likeness (QED) is 0.615. The van der Waals surface area contributed by atoms with Crippen molar-refractivity contribution in [2.45, 2.75) is 19.8 Å². The average Bonchev–Trinajstić information content (AvgIpc) is 2.73. The van der Waals surface area contributed by atoms with Gasteiger partial charge < -0.3 is 10.6 Å². The maximum Gasteiger partial charge on any atom is 0.255 e. The van der Waals surface area contributed by atoms with Gasteiger partial charge in [-0.2, -0.15) is 0 Å². The summed E-state index contributed by atoms with van der Waals surface area (Å²) in [7, 11) is 0. The summed E-state index contributed by atoms with van der Waals surface area (Å²) in [5, 5.41) is 6.49. The molecule has 0 unspecified atom stereocenters. The van der Waals surface area contributed by atoms with Gasteiger partial charge in [0, 0.05) is 34.4 Å². The third-order valence-corrected chi connectivity index (χ3v) is 4.60. The van der Waals surface area contributed by atoms with Crippen LogP contribution < -0.4 is 10.6 Å². The Balaban J connectivity index is 1.49. The molecule has 5 nitrogen and oxygen atoms in total. The molecule has 2 aromatic carbocycles. The van der Waals surface area contributed by atoms with Crippen LogP contribution in [0.5, 0.6) is 0 Å². The second-order valence-corrected chi connectivity index (χ2v) is 6.90. The SMILES string of the molecule is C=C(CC[C@H](C)C(=O)Nc1ccc(F)cc1)NC(=O)c1ccc2cccnc2c1. The summed E-state index contributed by atoms with van der Waals surface area (Å²) in [5.74, 6) is -1.08. The minimum atomic E-state index is -0.356. The molecule has 0 radical (unpaired) electrons. The fourth-order valence-electron chi connectivity index (χ4n) is 2.82. The van der Waals surface area contributed by atoms with E-state index in [9.17, 15) is 14.0 Å². The number of hydrogen-bond acceptors (Lipinski definition) is 3. The normalized spacial score (nSPS) is 11.7. The zero-order valence-electron chi connectivity index (χ0n) is 16.1. The van der Waals surface area contributed by atoms with E-state index in [0.29, 0.717) is 29.8 Å². The smallest absolute Gasteiger partial charge is 0.255 e. The molecule has 0 aliphatic carbocycles. The van der Waals surface area contributed by atoms with E-state index in [0.717, 1.165) is 10.9 Å². The number of allylic oxidation sites excluding steroid dienone is 1. The van der Waals surface area contributed by atoms with Gasteiger partial charge in [-0.15, -0.1) is 0 Å². The molecular formula is C23H22FN3O2. The fraction of sp³-hybridized carbons (Fsp3) is 0.174. The molecule has 0 aliphatic rings. The van der Waals surface area contributed by atoms with Gasteiger partial charge in [-0.1, -0.05) is 25.6 Å². The van der Waals surface area contributed by atoms with Crippen LogP contribution in [0.15, 0.2) is 73.1 Å². The van der Waals surface area contributed by atoms with Gasteiger partial charge in [0.1, 0.15) is 5.82 Å². The molecule has 1 aromatic heterocycles. The van der Waals surface area contributed by atoms with Crippen LogP contribution in [0.2, 0.25) is 0 Å². The summed E-state index contributed by atoms with van der Waals surface area (Å²) >= 11 is 0. The standard InChI is InChI=1S/C23H22FN3O2/c1-15(22(28)27-20-11-9-19(24)10-12-20)5-6-16(2)26-23(29)18-8-7-17-4-3-13-25-21(17)14-18/h3-4,7-15H,2,5-6H2,1H3,(H,26,29)(H,27,28)/t15-/m0/s1. The van der Waals surface area contributed by atoms with Crippen LogP contribution in [0.1, 0.15) is 30.1 Å². The van der Waals surface area contributed by atoms with Crippen molar-refractivity contribution in [2.75, 3.05) is 5.32 Å². The van der Waals surface area contributed by atoms with Crippen molar-refractivity contribution in [3.8, 4) is 0 Å². The van der Waals surface area contributed by atoms with Gasteiger partial charge in [0.25, 0.3) is 5.91 Å². The lowest BCUT2D eigenvalue weighted by atomic mass is 10.0. The van der Waals surface area contributed by atoms with Crippen LogP contribution >= 0.6 is 0 Å². The van der Waals surface area contributed by atoms with Gasteiger partial charge in [0.2, 0.25) is 5.91 Å². The van der Waals surface area contributed by atoms with E-state index in [1.165, 1.54) is 24.3 Å². The largest absolute Gasteiger partial charge is 0.326 e. The Morgan fingerprint density at radius 3 is 2.66 bits per heavy atom. The summed E-state index contributed by atoms with van der Waals surface area (Å²) in [4.78, 5) is 28.9. The first-order valence-corrected chi connectivity index (χ1v) is 9.33. The van der Waals surface area contributed by atoms with Crippen molar-refractivity contribution in [3.05, 3.63) is 84.5 Å². The summed E-state index contributed by atoms with van der Waals surface area (Å²) in [5.41, 5.74) is 2.33. The monoisotopic (exact) mass is 391 g/mol. The zero-order chi connectivity index (χ0) is 20.8. The third-order valence-electron chi connectivity index (χ3n) is 4.60. The molecule has 1 heterocycles. The number of carbonyl (C=O) groups excluding carboxylic acids is 2. The van der Waals surface area contributed by atoms with E-state index in [2.05, 4.69) is 22.2 Å². The lowest BCUT2D eigenvalue weighted by Crippen LogP contribution is -2.24. The average molecular weight is 391 g/mol. The van der Waals surface area contributed by atoms with Gasteiger partial charge >= 0.3 is 0 Å². The van der Waals surface area contributed by atoms with Crippen molar-refractivity contribution >= 4 is 28.4 Å². The maximum absolute atomic E-state index is 12.9. The number of halogens is 1. The molecule has 1 atom stereocenters. The number of hydrogen-bond donors (Lipinski definition) is 2. The number of nitrogens with zero attached hydrogens (tertiary/aromatic N) is 1. The lowest BCUT2D eigenvalue weighted by Gasteiger charge is -2.14. The minimum Gasteiger partial charge on any atom is -0.326 e. The van der Waals surface area contributed by atoms with E-state index < -0.39 is 0 Å². The summed E-state index contributed by atoms with van der Waals surface area (Å²) < 4.78 is 12.9. The molecule has 0 bridgehead atoms. The van der Waals surface area contributed by atoms with Crippen LogP contribution in [-0.2, 0) is 4.79 Å². The minimum absolute atomic E-state index is 0.170. The predicted octanol–water partition coefficient (Wildman–Crippen LogP) is 4.67. The summed E-state index contributed by atoms with van der Waals surface area (Å²) in [6.07, 6.45) is 2.67. The number of fused-ring (bicyclic) bond motifs is 1. The number of nitrogens with one attached hydrogen (secondary N) is 2. The fourth-order valence-corrected chi connectivity index (χ4v) is 2.82. The molecule has 0 saturated heterocycles. The van der Waals surface area contributed by atoms with Crippen LogP contribution in [0.25, 0.3) is 10.9 Å². The van der Waals surface area contributed by atoms with Crippen LogP contribution in [0.4, 0.5) is 10.1 Å². The van der Waals surface area contributed by atoms with E-state index >= 15 is 0 Å². The molecule has 0 fully saturated rings. The Hall–Kier alpha value is -3.54. The second-order valence-electron chi connectivity index (χ2n) is 6.90. The maximum atomic E-state index is 12.9. The number of aromatic nitrogens is 1. The van der Waals surface area contributed by atoms with E-state index in [-0.39, 0.29) is 23.5 Å². The number of rotatable bonds is 7. The van der Waals surface area contributed by atoms with Crippen LogP contribution in [0, 0.1) is 11.7 Å². The topological polar surface area (TPSA) is 71.1 Å². The van der Waals surface area contributed by atoms with Gasteiger partial charge in [0.15, 0.2) is 0 Å². The van der Waals surface area contributed by atoms with Crippen LogP contribution in [-0.4, -0.2) is 16.8 Å². The number of pyridine rings is 1. The Kier molecular flexibility index (Phi) is 6.34. The highest BCUT2D eigenvalue weighted by Crippen LogP contribution is 2.16. The molecular weight excluding hydrogens is 369 g/mol. The Labute approximate surface area is 168 Å². The Bertz CT molecular complexity index is 1050. The first-order valence-electron chi connectivity index (χ1n) is 9.33. The van der Waals surface area contributed by atoms with Crippen molar-refractivity contribution in [1.82, 2.24) is 10.3 Å². The van der Waals surface area contributed by atoms with E-state index in [1.807, 2.05) is 18.2 Å². The summed E-state index contributed by atoms with van der Waals surface area (Å²) in [6.45, 7) is 5.68. The van der Waals surface area contributed by atoms with E-state index in [4.69, 9.17) is 0 Å². The van der Waals surface area contributed by atoms with Crippen molar-refractivity contribution in [2.24, 2.45) is 5.92 Å². The highest BCUT2D eigenvalue weighted by atomic mass is 19.1. The Morgan fingerprint density at radius 2 is 1.90 bits per heavy atom. The molecule has 0 saturated carbocycles. The first-order chi connectivity index (χ1) is 13.9. The predicted molar refractivity (Wildman–Crippen MR) is 112 cm³/mol. The van der Waals surface area contributed by atoms with Gasteiger partial charge in [-0.25, -0.2) is 4.39 Å². The summed E-state index contributed by atoms with van der Waals surface area (Å²) in [6, 6.07) is 14.7. The second kappa shape index (κ2) is 9.10.